The maximum Gasteiger partial charge on any atom is 0.319 e. The van der Waals surface area contributed by atoms with Crippen molar-refractivity contribution in [1.29, 1.82) is 0 Å². The summed E-state index contributed by atoms with van der Waals surface area (Å²) >= 11 is 0. The van der Waals surface area contributed by atoms with E-state index in [2.05, 4.69) is 34.7 Å². The van der Waals surface area contributed by atoms with Crippen LogP contribution in [0.4, 0.5) is 16.2 Å². The molecule has 1 saturated heterocycles. The largest absolute Gasteiger partial charge is 0.338 e. The van der Waals surface area contributed by atoms with Crippen molar-refractivity contribution < 1.29 is 9.59 Å². The van der Waals surface area contributed by atoms with Gasteiger partial charge in [0.25, 0.3) is 0 Å². The number of amides is 3. The first-order valence-electron chi connectivity index (χ1n) is 10.4. The number of piperidine rings is 1. The molecular formula is C22H36N4O2. The summed E-state index contributed by atoms with van der Waals surface area (Å²) in [6.07, 6.45) is 2.25. The van der Waals surface area contributed by atoms with Crippen molar-refractivity contribution in [1.82, 2.24) is 10.2 Å². The molecule has 6 heteroatoms. The van der Waals surface area contributed by atoms with Crippen molar-refractivity contribution in [2.24, 2.45) is 17.8 Å². The zero-order chi connectivity index (χ0) is 20.7. The number of likely N-dealkylation sites (tertiary alicyclic amines) is 1. The van der Waals surface area contributed by atoms with Crippen molar-refractivity contribution in [2.45, 2.75) is 47.5 Å². The Labute approximate surface area is 169 Å². The molecule has 3 N–H and O–H groups in total. The highest BCUT2D eigenvalue weighted by Crippen LogP contribution is 2.21. The molecule has 6 nitrogen and oxygen atoms in total. The Morgan fingerprint density at radius 3 is 2.46 bits per heavy atom. The summed E-state index contributed by atoms with van der Waals surface area (Å²) in [5.74, 6) is 1.38. The molecule has 1 aromatic carbocycles. The van der Waals surface area contributed by atoms with Crippen LogP contribution in [0.5, 0.6) is 0 Å². The number of hydrogen-bond donors (Lipinski definition) is 3. The number of nitrogens with one attached hydrogen (secondary N) is 3. The van der Waals surface area contributed by atoms with Gasteiger partial charge in [-0.1, -0.05) is 33.8 Å². The average molecular weight is 389 g/mol. The zero-order valence-corrected chi connectivity index (χ0v) is 18.0. The molecule has 1 aromatic rings. The van der Waals surface area contributed by atoms with Crippen LogP contribution in [0.3, 0.4) is 0 Å². The minimum Gasteiger partial charge on any atom is -0.338 e. The molecule has 0 aliphatic carbocycles. The number of aryl methyl sites for hydroxylation is 1. The van der Waals surface area contributed by atoms with Gasteiger partial charge in [0.15, 0.2) is 0 Å². The third-order valence-electron chi connectivity index (χ3n) is 5.16. The Bertz CT molecular complexity index is 665. The molecule has 0 saturated carbocycles. The molecule has 1 aliphatic rings. The second kappa shape index (κ2) is 10.5. The minimum absolute atomic E-state index is 0.0411. The zero-order valence-electron chi connectivity index (χ0n) is 18.0. The molecule has 156 valence electrons. The van der Waals surface area contributed by atoms with Gasteiger partial charge in [-0.3, -0.25) is 4.79 Å². The molecular weight excluding hydrogens is 352 g/mol. The molecule has 1 heterocycles. The molecule has 0 bridgehead atoms. The van der Waals surface area contributed by atoms with E-state index in [1.54, 1.807) is 6.07 Å². The van der Waals surface area contributed by atoms with E-state index in [0.29, 0.717) is 17.9 Å². The van der Waals surface area contributed by atoms with Crippen molar-refractivity contribution in [3.05, 3.63) is 23.8 Å². The van der Waals surface area contributed by atoms with Crippen LogP contribution in [-0.4, -0.2) is 43.0 Å². The number of carbonyl (C=O) groups excluding carboxylic acids is 2. The summed E-state index contributed by atoms with van der Waals surface area (Å²) in [7, 11) is 0. The molecule has 0 aromatic heterocycles. The minimum atomic E-state index is -0.212. The van der Waals surface area contributed by atoms with E-state index in [9.17, 15) is 9.59 Å². The van der Waals surface area contributed by atoms with Gasteiger partial charge < -0.3 is 20.9 Å². The number of rotatable bonds is 7. The molecule has 0 spiro atoms. The van der Waals surface area contributed by atoms with E-state index in [1.165, 1.54) is 6.42 Å². The maximum absolute atomic E-state index is 12.2. The molecule has 3 amide bonds. The Morgan fingerprint density at radius 2 is 1.82 bits per heavy atom. The van der Waals surface area contributed by atoms with Crippen molar-refractivity contribution >= 4 is 23.3 Å². The third kappa shape index (κ3) is 7.15. The maximum atomic E-state index is 12.2. The van der Waals surface area contributed by atoms with Crippen LogP contribution < -0.4 is 16.0 Å². The van der Waals surface area contributed by atoms with Crippen molar-refractivity contribution in [2.75, 3.05) is 36.8 Å². The monoisotopic (exact) mass is 388 g/mol. The highest BCUT2D eigenvalue weighted by molar-refractivity contribution is 5.94. The normalized spacial score (nSPS) is 20.1. The Hall–Kier alpha value is -2.08. The fourth-order valence-electron chi connectivity index (χ4n) is 3.77. The first-order valence-corrected chi connectivity index (χ1v) is 10.4. The highest BCUT2D eigenvalue weighted by Gasteiger charge is 2.21. The molecule has 0 radical (unpaired) electrons. The van der Waals surface area contributed by atoms with E-state index in [-0.39, 0.29) is 17.9 Å². The van der Waals surface area contributed by atoms with Crippen LogP contribution in [0.15, 0.2) is 18.2 Å². The number of urea groups is 1. The van der Waals surface area contributed by atoms with Gasteiger partial charge in [0, 0.05) is 36.9 Å². The van der Waals surface area contributed by atoms with Crippen molar-refractivity contribution in [3.63, 3.8) is 0 Å². The highest BCUT2D eigenvalue weighted by atomic mass is 16.2. The number of carbonyl (C=O) groups is 2. The molecule has 2 rings (SSSR count). The van der Waals surface area contributed by atoms with E-state index in [4.69, 9.17) is 0 Å². The van der Waals surface area contributed by atoms with Gasteiger partial charge in [-0.25, -0.2) is 4.79 Å². The summed E-state index contributed by atoms with van der Waals surface area (Å²) < 4.78 is 0. The van der Waals surface area contributed by atoms with Gasteiger partial charge in [-0.15, -0.1) is 0 Å². The summed E-state index contributed by atoms with van der Waals surface area (Å²) in [5, 5.41) is 8.69. The number of benzene rings is 1. The lowest BCUT2D eigenvalue weighted by Gasteiger charge is -2.34. The van der Waals surface area contributed by atoms with Gasteiger partial charge in [-0.05, 0) is 55.8 Å². The smallest absolute Gasteiger partial charge is 0.319 e. The van der Waals surface area contributed by atoms with E-state index in [1.807, 2.05) is 32.9 Å². The summed E-state index contributed by atoms with van der Waals surface area (Å²) in [6.45, 7) is 14.2. The first kappa shape index (κ1) is 22.2. The predicted molar refractivity (Wildman–Crippen MR) is 116 cm³/mol. The van der Waals surface area contributed by atoms with Gasteiger partial charge in [0.05, 0.1) is 0 Å². The van der Waals surface area contributed by atoms with Crippen LogP contribution in [-0.2, 0) is 4.79 Å². The van der Waals surface area contributed by atoms with E-state index in [0.717, 1.165) is 43.5 Å². The lowest BCUT2D eigenvalue weighted by atomic mass is 9.92. The SMILES string of the molecule is Cc1ccc(NC(=O)C(C)C)cc1NC(=O)NCCCN1C[C@@H](C)C[C@H](C)C1. The van der Waals surface area contributed by atoms with Crippen LogP contribution in [0.1, 0.15) is 46.1 Å². The Morgan fingerprint density at radius 1 is 1.14 bits per heavy atom. The lowest BCUT2D eigenvalue weighted by Crippen LogP contribution is -2.40. The average Bonchev–Trinajstić information content (AvgIpc) is 2.60. The third-order valence-corrected chi connectivity index (χ3v) is 5.16. The van der Waals surface area contributed by atoms with E-state index < -0.39 is 0 Å². The second-order valence-electron chi connectivity index (χ2n) is 8.61. The number of nitrogens with zero attached hydrogens (tertiary/aromatic N) is 1. The Kier molecular flexibility index (Phi) is 8.30. The topological polar surface area (TPSA) is 73.5 Å². The predicted octanol–water partition coefficient (Wildman–Crippen LogP) is 4.08. The number of hydrogen-bond acceptors (Lipinski definition) is 3. The van der Waals surface area contributed by atoms with E-state index >= 15 is 0 Å². The fourth-order valence-corrected chi connectivity index (χ4v) is 3.77. The van der Waals surface area contributed by atoms with Gasteiger partial charge >= 0.3 is 6.03 Å². The number of anilines is 2. The summed E-state index contributed by atoms with van der Waals surface area (Å²) in [6, 6.07) is 5.32. The molecule has 2 atom stereocenters. The lowest BCUT2D eigenvalue weighted by molar-refractivity contribution is -0.118. The van der Waals surface area contributed by atoms with Crippen LogP contribution in [0.2, 0.25) is 0 Å². The fraction of sp³-hybridized carbons (Fsp3) is 0.636. The molecule has 1 fully saturated rings. The molecule has 1 aliphatic heterocycles. The first-order chi connectivity index (χ1) is 13.2. The van der Waals surface area contributed by atoms with Crippen LogP contribution >= 0.6 is 0 Å². The van der Waals surface area contributed by atoms with Crippen LogP contribution in [0.25, 0.3) is 0 Å². The summed E-state index contributed by atoms with van der Waals surface area (Å²) in [5.41, 5.74) is 2.35. The quantitative estimate of drug-likeness (QED) is 0.616. The van der Waals surface area contributed by atoms with Gasteiger partial charge in [-0.2, -0.15) is 0 Å². The Balaban J connectivity index is 1.77. The standard InChI is InChI=1S/C22H36N4O2/c1-15(2)21(27)24-19-8-7-18(5)20(12-19)25-22(28)23-9-6-10-26-13-16(3)11-17(4)14-26/h7-8,12,15-17H,6,9-11,13-14H2,1-5H3,(H,24,27)(H2,23,25,28)/t16-,17-/m0/s1. The van der Waals surface area contributed by atoms with Crippen molar-refractivity contribution in [3.8, 4) is 0 Å². The summed E-state index contributed by atoms with van der Waals surface area (Å²) in [4.78, 5) is 26.6. The van der Waals surface area contributed by atoms with Crippen LogP contribution in [0, 0.1) is 24.7 Å². The van der Waals surface area contributed by atoms with Gasteiger partial charge in [0.1, 0.15) is 0 Å². The second-order valence-corrected chi connectivity index (χ2v) is 8.61. The molecule has 0 unspecified atom stereocenters. The molecule has 28 heavy (non-hydrogen) atoms. The van der Waals surface area contributed by atoms with Gasteiger partial charge in [0.2, 0.25) is 5.91 Å².